The third-order valence-corrected chi connectivity index (χ3v) is 3.42. The number of benzene rings is 1. The van der Waals surface area contributed by atoms with Gasteiger partial charge >= 0.3 is 0 Å². The highest BCUT2D eigenvalue weighted by Crippen LogP contribution is 2.24. The summed E-state index contributed by atoms with van der Waals surface area (Å²) >= 11 is 2.87. The maximum Gasteiger partial charge on any atom is 0.259 e. The molecule has 1 heterocycles. The number of halogens is 3. The van der Waals surface area contributed by atoms with Gasteiger partial charge < -0.3 is 10.6 Å². The Morgan fingerprint density at radius 3 is 2.57 bits per heavy atom. The number of rotatable bonds is 3. The lowest BCUT2D eigenvalue weighted by molar-refractivity contribution is 0.102. The van der Waals surface area contributed by atoms with E-state index in [4.69, 9.17) is 0 Å². The molecule has 1 aromatic carbocycles. The van der Waals surface area contributed by atoms with Crippen LogP contribution in [-0.2, 0) is 0 Å². The molecule has 0 aliphatic rings. The van der Waals surface area contributed by atoms with Gasteiger partial charge in [0.2, 0.25) is 0 Å². The fourth-order valence-electron chi connectivity index (χ4n) is 1.76. The van der Waals surface area contributed by atoms with E-state index in [1.54, 1.807) is 20.0 Å². The maximum atomic E-state index is 13.7. The average Bonchev–Trinajstić information content (AvgIpc) is 2.44. The van der Waals surface area contributed by atoms with E-state index in [1.807, 2.05) is 0 Å². The highest BCUT2D eigenvalue weighted by Gasteiger charge is 2.15. The van der Waals surface area contributed by atoms with E-state index in [1.165, 1.54) is 6.20 Å². The Balaban J connectivity index is 2.32. The summed E-state index contributed by atoms with van der Waals surface area (Å²) in [5, 5.41) is 5.20. The molecule has 0 spiro atoms. The van der Waals surface area contributed by atoms with Gasteiger partial charge in [0.1, 0.15) is 11.6 Å². The SMILES string of the molecule is CNc1cc(C)ncc1C(=O)Nc1cc(F)c(Br)cc1F. The quantitative estimate of drug-likeness (QED) is 0.825. The van der Waals surface area contributed by atoms with Crippen LogP contribution in [0.15, 0.2) is 28.9 Å². The van der Waals surface area contributed by atoms with E-state index in [2.05, 4.69) is 31.5 Å². The molecule has 1 aromatic heterocycles. The summed E-state index contributed by atoms with van der Waals surface area (Å²) in [6.07, 6.45) is 1.38. The Hall–Kier alpha value is -2.02. The van der Waals surface area contributed by atoms with Gasteiger partial charge in [-0.15, -0.1) is 0 Å². The number of nitrogens with zero attached hydrogens (tertiary/aromatic N) is 1. The molecule has 0 unspecified atom stereocenters. The van der Waals surface area contributed by atoms with E-state index in [-0.39, 0.29) is 15.7 Å². The molecule has 4 nitrogen and oxygen atoms in total. The first kappa shape index (κ1) is 15.4. The normalized spacial score (nSPS) is 10.3. The van der Waals surface area contributed by atoms with Crippen LogP contribution < -0.4 is 10.6 Å². The predicted molar refractivity (Wildman–Crippen MR) is 80.5 cm³/mol. The molecular formula is C14H12BrF2N3O. The minimum absolute atomic E-state index is 0.00841. The maximum absolute atomic E-state index is 13.7. The Labute approximate surface area is 128 Å². The summed E-state index contributed by atoms with van der Waals surface area (Å²) in [7, 11) is 1.66. The van der Waals surface area contributed by atoms with Crippen LogP contribution in [0, 0.1) is 18.6 Å². The number of aryl methyl sites for hydroxylation is 1. The number of hydrogen-bond donors (Lipinski definition) is 2. The molecule has 0 saturated heterocycles. The van der Waals surface area contributed by atoms with E-state index < -0.39 is 17.5 Å². The first-order chi connectivity index (χ1) is 9.92. The van der Waals surface area contributed by atoms with E-state index in [9.17, 15) is 13.6 Å². The van der Waals surface area contributed by atoms with Crippen molar-refractivity contribution in [1.29, 1.82) is 0 Å². The van der Waals surface area contributed by atoms with Crippen LogP contribution in [0.3, 0.4) is 0 Å². The van der Waals surface area contributed by atoms with Gasteiger partial charge in [0.25, 0.3) is 5.91 Å². The van der Waals surface area contributed by atoms with Gasteiger partial charge in [-0.3, -0.25) is 9.78 Å². The zero-order valence-corrected chi connectivity index (χ0v) is 12.9. The Morgan fingerprint density at radius 1 is 1.19 bits per heavy atom. The number of hydrogen-bond acceptors (Lipinski definition) is 3. The first-order valence-corrected chi connectivity index (χ1v) is 6.82. The molecule has 2 rings (SSSR count). The molecule has 110 valence electrons. The molecule has 21 heavy (non-hydrogen) atoms. The van der Waals surface area contributed by atoms with Crippen LogP contribution in [0.25, 0.3) is 0 Å². The van der Waals surface area contributed by atoms with Gasteiger partial charge in [0.05, 0.1) is 21.4 Å². The van der Waals surface area contributed by atoms with Crippen molar-refractivity contribution in [3.63, 3.8) is 0 Å². The predicted octanol–water partition coefficient (Wildman–Crippen LogP) is 3.72. The molecule has 0 bridgehead atoms. The van der Waals surface area contributed by atoms with Gasteiger partial charge in [-0.1, -0.05) is 0 Å². The summed E-state index contributed by atoms with van der Waals surface area (Å²) in [5.41, 5.74) is 1.30. The summed E-state index contributed by atoms with van der Waals surface area (Å²) in [4.78, 5) is 16.2. The molecule has 7 heteroatoms. The second kappa shape index (κ2) is 6.17. The number of carbonyl (C=O) groups excluding carboxylic acids is 1. The average molecular weight is 356 g/mol. The number of amides is 1. The Bertz CT molecular complexity index is 707. The molecule has 0 radical (unpaired) electrons. The van der Waals surface area contributed by atoms with Gasteiger partial charge in [-0.2, -0.15) is 0 Å². The lowest BCUT2D eigenvalue weighted by atomic mass is 10.2. The van der Waals surface area contributed by atoms with Crippen LogP contribution in [0.4, 0.5) is 20.2 Å². The van der Waals surface area contributed by atoms with Crippen LogP contribution in [0.2, 0.25) is 0 Å². The van der Waals surface area contributed by atoms with E-state index >= 15 is 0 Å². The number of carbonyl (C=O) groups is 1. The first-order valence-electron chi connectivity index (χ1n) is 6.02. The van der Waals surface area contributed by atoms with Crippen molar-refractivity contribution >= 4 is 33.2 Å². The fraction of sp³-hybridized carbons (Fsp3) is 0.143. The zero-order valence-electron chi connectivity index (χ0n) is 11.3. The topological polar surface area (TPSA) is 54.0 Å². The van der Waals surface area contributed by atoms with Crippen molar-refractivity contribution in [2.75, 3.05) is 17.7 Å². The molecule has 0 aliphatic carbocycles. The molecule has 0 atom stereocenters. The van der Waals surface area contributed by atoms with E-state index in [0.717, 1.165) is 17.8 Å². The smallest absolute Gasteiger partial charge is 0.259 e. The van der Waals surface area contributed by atoms with Gasteiger partial charge in [-0.05, 0) is 35.0 Å². The van der Waals surface area contributed by atoms with Crippen molar-refractivity contribution in [3.8, 4) is 0 Å². The zero-order chi connectivity index (χ0) is 15.6. The molecule has 2 N–H and O–H groups in total. The monoisotopic (exact) mass is 355 g/mol. The third-order valence-electron chi connectivity index (χ3n) is 2.81. The summed E-state index contributed by atoms with van der Waals surface area (Å²) < 4.78 is 27.1. The second-order valence-electron chi connectivity index (χ2n) is 4.32. The number of nitrogens with one attached hydrogen (secondary N) is 2. The van der Waals surface area contributed by atoms with E-state index in [0.29, 0.717) is 5.69 Å². The lowest BCUT2D eigenvalue weighted by Gasteiger charge is -2.11. The van der Waals surface area contributed by atoms with Crippen molar-refractivity contribution in [3.05, 3.63) is 51.8 Å². The van der Waals surface area contributed by atoms with Crippen molar-refractivity contribution in [2.24, 2.45) is 0 Å². The summed E-state index contributed by atoms with van der Waals surface area (Å²) in [6, 6.07) is 3.56. The fourth-order valence-corrected chi connectivity index (χ4v) is 2.07. The molecule has 2 aromatic rings. The number of pyridine rings is 1. The van der Waals surface area contributed by atoms with Crippen molar-refractivity contribution in [1.82, 2.24) is 4.98 Å². The highest BCUT2D eigenvalue weighted by atomic mass is 79.9. The standard InChI is InChI=1S/C14H12BrF2N3O/c1-7-3-12(18-2)8(6-19-7)14(21)20-13-5-10(16)9(15)4-11(13)17/h3-6H,1-2H3,(H,18,19)(H,20,21). The van der Waals surface area contributed by atoms with Crippen LogP contribution in [0.5, 0.6) is 0 Å². The molecule has 1 amide bonds. The molecule has 0 aliphatic heterocycles. The molecule has 0 fully saturated rings. The summed E-state index contributed by atoms with van der Waals surface area (Å²) in [6.45, 7) is 1.78. The third kappa shape index (κ3) is 3.36. The minimum Gasteiger partial charge on any atom is -0.387 e. The van der Waals surface area contributed by atoms with Crippen molar-refractivity contribution < 1.29 is 13.6 Å². The van der Waals surface area contributed by atoms with Gasteiger partial charge in [0.15, 0.2) is 0 Å². The molecular weight excluding hydrogens is 344 g/mol. The van der Waals surface area contributed by atoms with Crippen LogP contribution >= 0.6 is 15.9 Å². The number of aromatic nitrogens is 1. The van der Waals surface area contributed by atoms with Crippen LogP contribution in [-0.4, -0.2) is 17.9 Å². The lowest BCUT2D eigenvalue weighted by Crippen LogP contribution is -2.15. The minimum atomic E-state index is -0.734. The molecule has 0 saturated carbocycles. The highest BCUT2D eigenvalue weighted by molar-refractivity contribution is 9.10. The Morgan fingerprint density at radius 2 is 1.90 bits per heavy atom. The van der Waals surface area contributed by atoms with Gasteiger partial charge in [-0.25, -0.2) is 8.78 Å². The summed E-state index contributed by atoms with van der Waals surface area (Å²) in [5.74, 6) is -1.97. The second-order valence-corrected chi connectivity index (χ2v) is 5.18. The van der Waals surface area contributed by atoms with Gasteiger partial charge in [0, 0.05) is 25.0 Å². The van der Waals surface area contributed by atoms with Crippen LogP contribution in [0.1, 0.15) is 16.1 Å². The Kier molecular flexibility index (Phi) is 4.52. The number of anilines is 2. The van der Waals surface area contributed by atoms with Crippen molar-refractivity contribution in [2.45, 2.75) is 6.92 Å². The largest absolute Gasteiger partial charge is 0.387 e.